The van der Waals surface area contributed by atoms with Crippen molar-refractivity contribution in [2.75, 3.05) is 18.5 Å². The first kappa shape index (κ1) is 13.4. The van der Waals surface area contributed by atoms with Gasteiger partial charge in [0.05, 0.1) is 6.10 Å². The fourth-order valence-corrected chi connectivity index (χ4v) is 2.39. The van der Waals surface area contributed by atoms with Crippen LogP contribution < -0.4 is 5.32 Å². The van der Waals surface area contributed by atoms with Crippen LogP contribution in [0, 0.1) is 0 Å². The summed E-state index contributed by atoms with van der Waals surface area (Å²) in [6.07, 6.45) is 4.44. The van der Waals surface area contributed by atoms with Crippen molar-refractivity contribution in [3.63, 3.8) is 0 Å². The normalized spacial score (nSPS) is 22.6. The summed E-state index contributed by atoms with van der Waals surface area (Å²) in [6.45, 7) is 3.12. The molecule has 1 aromatic carbocycles. The number of hydrogen-bond acceptors (Lipinski definition) is 3. The predicted molar refractivity (Wildman–Crippen MR) is 73.9 cm³/mol. The lowest BCUT2D eigenvalue weighted by Crippen LogP contribution is -2.40. The molecule has 0 heterocycles. The molecule has 1 fully saturated rings. The van der Waals surface area contributed by atoms with E-state index in [0.29, 0.717) is 12.1 Å². The number of ether oxygens (including phenoxy) is 1. The maximum atomic E-state index is 8.84. The molecule has 0 bridgehead atoms. The third kappa shape index (κ3) is 3.72. The van der Waals surface area contributed by atoms with Crippen LogP contribution in [0.1, 0.15) is 31.7 Å². The zero-order valence-corrected chi connectivity index (χ0v) is 11.1. The zero-order valence-electron chi connectivity index (χ0n) is 11.1. The fourth-order valence-electron chi connectivity index (χ4n) is 2.39. The summed E-state index contributed by atoms with van der Waals surface area (Å²) in [5.74, 6) is 0. The first-order valence-electron chi connectivity index (χ1n) is 6.89. The molecular formula is C15H23NO2. The van der Waals surface area contributed by atoms with Crippen molar-refractivity contribution in [1.82, 2.24) is 0 Å². The Labute approximate surface area is 109 Å². The van der Waals surface area contributed by atoms with Gasteiger partial charge in [-0.2, -0.15) is 0 Å². The van der Waals surface area contributed by atoms with Gasteiger partial charge in [-0.15, -0.1) is 0 Å². The second kappa shape index (κ2) is 6.76. The molecular weight excluding hydrogens is 226 g/mol. The first-order chi connectivity index (χ1) is 8.81. The molecule has 2 rings (SSSR count). The Morgan fingerprint density at radius 3 is 2.94 bits per heavy atom. The summed E-state index contributed by atoms with van der Waals surface area (Å²) in [5, 5.41) is 12.4. The molecule has 3 heteroatoms. The molecule has 1 saturated carbocycles. The summed E-state index contributed by atoms with van der Waals surface area (Å²) in [4.78, 5) is 0. The Bertz CT molecular complexity index is 361. The molecule has 0 unspecified atom stereocenters. The van der Waals surface area contributed by atoms with Crippen molar-refractivity contribution in [1.29, 1.82) is 0 Å². The minimum atomic E-state index is 0.260. The van der Waals surface area contributed by atoms with Gasteiger partial charge in [0.1, 0.15) is 0 Å². The smallest absolute Gasteiger partial charge is 0.0614 e. The van der Waals surface area contributed by atoms with Gasteiger partial charge in [-0.25, -0.2) is 0 Å². The van der Waals surface area contributed by atoms with Crippen LogP contribution in [0.3, 0.4) is 0 Å². The van der Waals surface area contributed by atoms with Crippen molar-refractivity contribution >= 4 is 5.69 Å². The number of aryl methyl sites for hydroxylation is 1. The highest BCUT2D eigenvalue weighted by molar-refractivity contribution is 5.47. The topological polar surface area (TPSA) is 41.5 Å². The molecule has 100 valence electrons. The van der Waals surface area contributed by atoms with Crippen LogP contribution in [-0.2, 0) is 11.2 Å². The Hall–Kier alpha value is -1.06. The molecule has 3 nitrogen and oxygen atoms in total. The van der Waals surface area contributed by atoms with Crippen molar-refractivity contribution in [2.24, 2.45) is 0 Å². The highest BCUT2D eigenvalue weighted by atomic mass is 16.5. The van der Waals surface area contributed by atoms with Gasteiger partial charge in [0.25, 0.3) is 0 Å². The first-order valence-corrected chi connectivity index (χ1v) is 6.89. The van der Waals surface area contributed by atoms with E-state index in [-0.39, 0.29) is 6.61 Å². The van der Waals surface area contributed by atoms with E-state index in [1.807, 2.05) is 6.92 Å². The zero-order chi connectivity index (χ0) is 12.8. The van der Waals surface area contributed by atoms with Crippen LogP contribution in [0.4, 0.5) is 5.69 Å². The van der Waals surface area contributed by atoms with Gasteiger partial charge in [-0.3, -0.25) is 0 Å². The number of aliphatic hydroxyl groups is 1. The van der Waals surface area contributed by atoms with Crippen LogP contribution in [0.25, 0.3) is 0 Å². The second-order valence-corrected chi connectivity index (χ2v) is 4.92. The minimum Gasteiger partial charge on any atom is -0.396 e. The quantitative estimate of drug-likeness (QED) is 0.780. The lowest BCUT2D eigenvalue weighted by Gasteiger charge is -2.36. The van der Waals surface area contributed by atoms with E-state index in [1.165, 1.54) is 11.3 Å². The average molecular weight is 249 g/mol. The van der Waals surface area contributed by atoms with Crippen molar-refractivity contribution in [3.05, 3.63) is 29.8 Å². The predicted octanol–water partition coefficient (Wildman–Crippen LogP) is 2.59. The Kier molecular flexibility index (Phi) is 5.02. The molecule has 18 heavy (non-hydrogen) atoms. The van der Waals surface area contributed by atoms with E-state index in [1.54, 1.807) is 0 Å². The van der Waals surface area contributed by atoms with E-state index in [9.17, 15) is 0 Å². The van der Waals surface area contributed by atoms with Gasteiger partial charge in [-0.1, -0.05) is 12.1 Å². The van der Waals surface area contributed by atoms with Crippen LogP contribution in [-0.4, -0.2) is 30.5 Å². The summed E-state index contributed by atoms with van der Waals surface area (Å²) < 4.78 is 5.55. The highest BCUT2D eigenvalue weighted by Gasteiger charge is 2.29. The number of nitrogens with one attached hydrogen (secondary N) is 1. The highest BCUT2D eigenvalue weighted by Crippen LogP contribution is 2.27. The molecule has 0 aliphatic heterocycles. The lowest BCUT2D eigenvalue weighted by atomic mass is 9.89. The molecule has 0 radical (unpaired) electrons. The third-order valence-electron chi connectivity index (χ3n) is 3.42. The molecule has 1 aromatic rings. The van der Waals surface area contributed by atoms with E-state index in [2.05, 4.69) is 29.6 Å². The van der Waals surface area contributed by atoms with Gasteiger partial charge in [0.2, 0.25) is 0 Å². The molecule has 0 amide bonds. The van der Waals surface area contributed by atoms with Crippen LogP contribution in [0.2, 0.25) is 0 Å². The van der Waals surface area contributed by atoms with E-state index >= 15 is 0 Å². The molecule has 1 aliphatic carbocycles. The molecule has 0 atom stereocenters. The Morgan fingerprint density at radius 1 is 1.39 bits per heavy atom. The number of anilines is 1. The SMILES string of the molecule is CCOC1CC(Nc2cccc(CCCO)c2)C1. The summed E-state index contributed by atoms with van der Waals surface area (Å²) in [6, 6.07) is 9.04. The van der Waals surface area contributed by atoms with Gasteiger partial charge >= 0.3 is 0 Å². The number of rotatable bonds is 7. The number of aliphatic hydroxyl groups excluding tert-OH is 1. The Balaban J connectivity index is 1.79. The summed E-state index contributed by atoms with van der Waals surface area (Å²) >= 11 is 0. The van der Waals surface area contributed by atoms with Crippen LogP contribution in [0.15, 0.2) is 24.3 Å². The van der Waals surface area contributed by atoms with E-state index < -0.39 is 0 Å². The summed E-state index contributed by atoms with van der Waals surface area (Å²) in [5.41, 5.74) is 2.47. The number of benzene rings is 1. The van der Waals surface area contributed by atoms with Crippen LogP contribution in [0.5, 0.6) is 0 Å². The van der Waals surface area contributed by atoms with Crippen molar-refractivity contribution in [2.45, 2.75) is 44.8 Å². The van der Waals surface area contributed by atoms with E-state index in [0.717, 1.165) is 32.3 Å². The number of hydrogen-bond donors (Lipinski definition) is 2. The van der Waals surface area contributed by atoms with Gasteiger partial charge < -0.3 is 15.2 Å². The minimum absolute atomic E-state index is 0.260. The maximum absolute atomic E-state index is 8.84. The van der Waals surface area contributed by atoms with E-state index in [4.69, 9.17) is 9.84 Å². The summed E-state index contributed by atoms with van der Waals surface area (Å²) in [7, 11) is 0. The third-order valence-corrected chi connectivity index (χ3v) is 3.42. The standard InChI is InChI=1S/C15H23NO2/c1-2-18-15-10-14(11-15)16-13-7-3-5-12(9-13)6-4-8-17/h3,5,7,9,14-17H,2,4,6,8,10-11H2,1H3. The molecule has 1 aliphatic rings. The molecule has 0 aromatic heterocycles. The fraction of sp³-hybridized carbons (Fsp3) is 0.600. The monoisotopic (exact) mass is 249 g/mol. The Morgan fingerprint density at radius 2 is 2.22 bits per heavy atom. The maximum Gasteiger partial charge on any atom is 0.0614 e. The van der Waals surface area contributed by atoms with Gasteiger partial charge in [0.15, 0.2) is 0 Å². The van der Waals surface area contributed by atoms with Gasteiger partial charge in [0, 0.05) is 24.9 Å². The average Bonchev–Trinajstić information content (AvgIpc) is 2.34. The second-order valence-electron chi connectivity index (χ2n) is 4.92. The van der Waals surface area contributed by atoms with Crippen LogP contribution >= 0.6 is 0 Å². The molecule has 0 saturated heterocycles. The molecule has 2 N–H and O–H groups in total. The largest absolute Gasteiger partial charge is 0.396 e. The van der Waals surface area contributed by atoms with Crippen molar-refractivity contribution in [3.8, 4) is 0 Å². The lowest BCUT2D eigenvalue weighted by molar-refractivity contribution is 0.00299. The van der Waals surface area contributed by atoms with Crippen molar-refractivity contribution < 1.29 is 9.84 Å². The van der Waals surface area contributed by atoms with Gasteiger partial charge in [-0.05, 0) is 50.3 Å². The molecule has 0 spiro atoms.